The molecular weight excluding hydrogens is 657 g/mol. The zero-order valence-electron chi connectivity index (χ0n) is 25.5. The van der Waals surface area contributed by atoms with Crippen molar-refractivity contribution in [2.24, 2.45) is 5.92 Å². The summed E-state index contributed by atoms with van der Waals surface area (Å²) >= 11 is 3.38. The molecule has 7 nitrogen and oxygen atoms in total. The molecule has 0 aromatic heterocycles. The molecule has 0 aliphatic rings. The average molecular weight is 695 g/mol. The highest BCUT2D eigenvalue weighted by Gasteiger charge is 2.35. The fraction of sp³-hybridized carbons (Fsp3) is 0.257. The number of hydrogen-bond donors (Lipinski definition) is 1. The Labute approximate surface area is 273 Å². The summed E-state index contributed by atoms with van der Waals surface area (Å²) in [5, 5.41) is 2.93. The Bertz CT molecular complexity index is 1700. The van der Waals surface area contributed by atoms with Gasteiger partial charge in [-0.15, -0.1) is 0 Å². The molecule has 0 unspecified atom stereocenters. The standard InChI is InChI=1S/C35H37BrFN3O4S/c1-25(2)22-38-35(42)33(21-27-9-5-4-6-10-27)39(23-28-11-7-8-12-32(28)37)34(41)24-40(30-17-15-29(36)16-18-30)45(43,44)31-19-13-26(3)14-20-31/h4-20,25,33H,21-24H2,1-3H3,(H,38,42)/t33-/m1/s1. The van der Waals surface area contributed by atoms with E-state index in [2.05, 4.69) is 21.2 Å². The number of rotatable bonds is 13. The topological polar surface area (TPSA) is 86.8 Å². The minimum atomic E-state index is -4.22. The molecule has 0 bridgehead atoms. The maximum Gasteiger partial charge on any atom is 0.264 e. The third-order valence-electron chi connectivity index (χ3n) is 7.26. The van der Waals surface area contributed by atoms with Crippen molar-refractivity contribution in [1.82, 2.24) is 10.2 Å². The highest BCUT2D eigenvalue weighted by molar-refractivity contribution is 9.10. The zero-order valence-corrected chi connectivity index (χ0v) is 27.9. The van der Waals surface area contributed by atoms with Gasteiger partial charge in [0.25, 0.3) is 10.0 Å². The summed E-state index contributed by atoms with van der Waals surface area (Å²) in [6.07, 6.45) is 0.147. The molecule has 1 N–H and O–H groups in total. The quantitative estimate of drug-likeness (QED) is 0.173. The molecule has 0 radical (unpaired) electrons. The van der Waals surface area contributed by atoms with Gasteiger partial charge in [0.2, 0.25) is 11.8 Å². The maximum atomic E-state index is 15.0. The van der Waals surface area contributed by atoms with Crippen LogP contribution in [0.3, 0.4) is 0 Å². The van der Waals surface area contributed by atoms with E-state index in [-0.39, 0.29) is 35.0 Å². The number of nitrogens with zero attached hydrogens (tertiary/aromatic N) is 2. The average Bonchev–Trinajstić information content (AvgIpc) is 3.02. The van der Waals surface area contributed by atoms with E-state index in [4.69, 9.17) is 0 Å². The Balaban J connectivity index is 1.80. The number of amides is 2. The van der Waals surface area contributed by atoms with Gasteiger partial charge in [0.15, 0.2) is 0 Å². The predicted molar refractivity (Wildman–Crippen MR) is 179 cm³/mol. The Kier molecular flexibility index (Phi) is 11.5. The number of hydrogen-bond acceptors (Lipinski definition) is 4. The molecule has 4 aromatic rings. The second kappa shape index (κ2) is 15.3. The largest absolute Gasteiger partial charge is 0.354 e. The number of sulfonamides is 1. The van der Waals surface area contributed by atoms with E-state index in [1.54, 1.807) is 54.6 Å². The molecule has 0 spiro atoms. The van der Waals surface area contributed by atoms with Crippen LogP contribution in [0.5, 0.6) is 0 Å². The molecule has 236 valence electrons. The molecule has 0 aliphatic heterocycles. The number of carbonyl (C=O) groups excluding carboxylic acids is 2. The van der Waals surface area contributed by atoms with Crippen molar-refractivity contribution in [3.8, 4) is 0 Å². The van der Waals surface area contributed by atoms with Crippen molar-refractivity contribution in [2.75, 3.05) is 17.4 Å². The molecule has 45 heavy (non-hydrogen) atoms. The summed E-state index contributed by atoms with van der Waals surface area (Å²) in [7, 11) is -4.22. The van der Waals surface area contributed by atoms with Gasteiger partial charge in [-0.3, -0.25) is 13.9 Å². The SMILES string of the molecule is Cc1ccc(S(=O)(=O)N(CC(=O)N(Cc2ccccc2F)[C@H](Cc2ccccc2)C(=O)NCC(C)C)c2ccc(Br)cc2)cc1. The van der Waals surface area contributed by atoms with Crippen LogP contribution >= 0.6 is 15.9 Å². The summed E-state index contributed by atoms with van der Waals surface area (Å²) < 4.78 is 44.9. The second-order valence-electron chi connectivity index (χ2n) is 11.3. The van der Waals surface area contributed by atoms with Crippen molar-refractivity contribution in [3.63, 3.8) is 0 Å². The van der Waals surface area contributed by atoms with E-state index >= 15 is 4.39 Å². The van der Waals surface area contributed by atoms with Gasteiger partial charge in [0.05, 0.1) is 10.6 Å². The van der Waals surface area contributed by atoms with Gasteiger partial charge in [-0.05, 0) is 60.9 Å². The number of benzene rings is 4. The van der Waals surface area contributed by atoms with E-state index in [1.807, 2.05) is 51.1 Å². The maximum absolute atomic E-state index is 15.0. The van der Waals surface area contributed by atoms with Crippen molar-refractivity contribution in [2.45, 2.75) is 44.7 Å². The molecule has 10 heteroatoms. The van der Waals surface area contributed by atoms with E-state index < -0.39 is 40.2 Å². The van der Waals surface area contributed by atoms with Crippen LogP contribution in [0.4, 0.5) is 10.1 Å². The van der Waals surface area contributed by atoms with Crippen LogP contribution in [0.15, 0.2) is 112 Å². The van der Waals surface area contributed by atoms with Crippen LogP contribution in [0.25, 0.3) is 0 Å². The van der Waals surface area contributed by atoms with Gasteiger partial charge in [0.1, 0.15) is 18.4 Å². The van der Waals surface area contributed by atoms with Crippen molar-refractivity contribution in [3.05, 3.63) is 130 Å². The second-order valence-corrected chi connectivity index (χ2v) is 14.0. The summed E-state index contributed by atoms with van der Waals surface area (Å²) in [6, 6.07) is 27.2. The van der Waals surface area contributed by atoms with Gasteiger partial charge in [0, 0.05) is 29.5 Å². The highest BCUT2D eigenvalue weighted by atomic mass is 79.9. The monoisotopic (exact) mass is 693 g/mol. The smallest absolute Gasteiger partial charge is 0.264 e. The number of anilines is 1. The van der Waals surface area contributed by atoms with Gasteiger partial charge >= 0.3 is 0 Å². The first kappa shape index (κ1) is 33.9. The van der Waals surface area contributed by atoms with Gasteiger partial charge in [-0.25, -0.2) is 12.8 Å². The number of carbonyl (C=O) groups is 2. The van der Waals surface area contributed by atoms with Crippen molar-refractivity contribution in [1.29, 1.82) is 0 Å². The zero-order chi connectivity index (χ0) is 32.6. The van der Waals surface area contributed by atoms with Crippen molar-refractivity contribution >= 4 is 43.5 Å². The molecule has 0 aliphatic carbocycles. The fourth-order valence-electron chi connectivity index (χ4n) is 4.76. The Morgan fingerprint density at radius 1 is 0.867 bits per heavy atom. The van der Waals surface area contributed by atoms with Crippen LogP contribution in [0.1, 0.15) is 30.5 Å². The normalized spacial score (nSPS) is 12.0. The van der Waals surface area contributed by atoms with E-state index in [1.165, 1.54) is 23.1 Å². The van der Waals surface area contributed by atoms with Gasteiger partial charge in [-0.2, -0.15) is 0 Å². The van der Waals surface area contributed by atoms with E-state index in [0.717, 1.165) is 19.9 Å². The first-order valence-electron chi connectivity index (χ1n) is 14.6. The molecule has 0 saturated carbocycles. The number of nitrogens with one attached hydrogen (secondary N) is 1. The lowest BCUT2D eigenvalue weighted by Gasteiger charge is -2.34. The predicted octanol–water partition coefficient (Wildman–Crippen LogP) is 6.50. The third kappa shape index (κ3) is 9.02. The number of halogens is 2. The molecule has 2 amide bonds. The Morgan fingerprint density at radius 2 is 1.49 bits per heavy atom. The molecule has 1 atom stereocenters. The minimum absolute atomic E-state index is 0.0139. The molecule has 4 aromatic carbocycles. The summed E-state index contributed by atoms with van der Waals surface area (Å²) in [4.78, 5) is 29.5. The van der Waals surface area contributed by atoms with Crippen LogP contribution in [-0.2, 0) is 32.6 Å². The highest BCUT2D eigenvalue weighted by Crippen LogP contribution is 2.27. The first-order chi connectivity index (χ1) is 21.5. The Hall–Kier alpha value is -4.02. The summed E-state index contributed by atoms with van der Waals surface area (Å²) in [5.41, 5.74) is 2.15. The lowest BCUT2D eigenvalue weighted by Crippen LogP contribution is -2.53. The third-order valence-corrected chi connectivity index (χ3v) is 9.57. The minimum Gasteiger partial charge on any atom is -0.354 e. The lowest BCUT2D eigenvalue weighted by molar-refractivity contribution is -0.140. The molecule has 0 fully saturated rings. The molecular formula is C35H37BrFN3O4S. The summed E-state index contributed by atoms with van der Waals surface area (Å²) in [5.74, 6) is -1.45. The fourth-order valence-corrected chi connectivity index (χ4v) is 6.44. The molecule has 4 rings (SSSR count). The molecule has 0 heterocycles. The first-order valence-corrected chi connectivity index (χ1v) is 16.9. The Morgan fingerprint density at radius 3 is 2.11 bits per heavy atom. The van der Waals surface area contributed by atoms with Crippen molar-refractivity contribution < 1.29 is 22.4 Å². The molecule has 0 saturated heterocycles. The van der Waals surface area contributed by atoms with E-state index in [9.17, 15) is 18.0 Å². The van der Waals surface area contributed by atoms with E-state index in [0.29, 0.717) is 6.54 Å². The van der Waals surface area contributed by atoms with Crippen LogP contribution in [0, 0.1) is 18.7 Å². The van der Waals surface area contributed by atoms with Crippen LogP contribution in [-0.4, -0.2) is 44.3 Å². The van der Waals surface area contributed by atoms with Crippen LogP contribution < -0.4 is 9.62 Å². The lowest BCUT2D eigenvalue weighted by atomic mass is 10.0. The van der Waals surface area contributed by atoms with Gasteiger partial charge in [-0.1, -0.05) is 96.0 Å². The van der Waals surface area contributed by atoms with Crippen LogP contribution in [0.2, 0.25) is 0 Å². The van der Waals surface area contributed by atoms with Gasteiger partial charge < -0.3 is 10.2 Å². The summed E-state index contributed by atoms with van der Waals surface area (Å²) in [6.45, 7) is 5.29. The number of aryl methyl sites for hydroxylation is 1.